The Morgan fingerprint density at radius 2 is 2.75 bits per heavy atom. The quantitative estimate of drug-likeness (QED) is 0.495. The summed E-state index contributed by atoms with van der Waals surface area (Å²) in [5.41, 5.74) is 0. The maximum absolute atomic E-state index is 9.67. The molecule has 44 valence electrons. The molecule has 0 unspecified atom stereocenters. The lowest BCUT2D eigenvalue weighted by atomic mass is 10.8. The van der Waals surface area contributed by atoms with E-state index in [1.165, 1.54) is 6.26 Å². The summed E-state index contributed by atoms with van der Waals surface area (Å²) in [6.07, 6.45) is 1.87. The summed E-state index contributed by atoms with van der Waals surface area (Å²) in [6.45, 7) is 0.191. The summed E-state index contributed by atoms with van der Waals surface area (Å²) in [7, 11) is 0. The Bertz CT molecular complexity index is 120. The van der Waals surface area contributed by atoms with Crippen molar-refractivity contribution >= 4 is 6.41 Å². The lowest BCUT2D eigenvalue weighted by molar-refractivity contribution is -0.109. The van der Waals surface area contributed by atoms with Gasteiger partial charge in [-0.25, -0.2) is 0 Å². The summed E-state index contributed by atoms with van der Waals surface area (Å²) >= 11 is 0. The van der Waals surface area contributed by atoms with Gasteiger partial charge in [0.2, 0.25) is 19.1 Å². The molecular weight excluding hydrogens is 110 g/mol. The first-order chi connectivity index (χ1) is 3.93. The minimum Gasteiger partial charge on any atom is -0.459 e. The number of rotatable bonds is 2. The normalized spacial score (nSPS) is 15.8. The summed E-state index contributed by atoms with van der Waals surface area (Å²) in [5, 5.41) is 2.28. The Morgan fingerprint density at radius 1 is 1.88 bits per heavy atom. The zero-order chi connectivity index (χ0) is 5.82. The highest BCUT2D eigenvalue weighted by molar-refractivity contribution is 5.48. The van der Waals surface area contributed by atoms with Crippen LogP contribution in [-0.4, -0.2) is 13.2 Å². The molecule has 1 N–H and O–H groups in total. The van der Waals surface area contributed by atoms with Crippen molar-refractivity contribution < 1.29 is 14.3 Å². The average Bonchev–Trinajstić information content (AvgIpc) is 2.19. The van der Waals surface area contributed by atoms with E-state index < -0.39 is 0 Å². The predicted molar refractivity (Wildman–Crippen MR) is 24.3 cm³/mol. The van der Waals surface area contributed by atoms with Crippen LogP contribution in [-0.2, 0) is 14.3 Å². The zero-order valence-corrected chi connectivity index (χ0v) is 4.09. The van der Waals surface area contributed by atoms with Gasteiger partial charge in [-0.3, -0.25) is 10.1 Å². The third-order valence-corrected chi connectivity index (χ3v) is 0.674. The highest BCUT2D eigenvalue weighted by atomic mass is 16.7. The van der Waals surface area contributed by atoms with E-state index in [-0.39, 0.29) is 6.79 Å². The van der Waals surface area contributed by atoms with Gasteiger partial charge in [0, 0.05) is 0 Å². The third-order valence-electron chi connectivity index (χ3n) is 0.674. The van der Waals surface area contributed by atoms with Gasteiger partial charge in [-0.1, -0.05) is 0 Å². The van der Waals surface area contributed by atoms with Gasteiger partial charge in [-0.05, 0) is 0 Å². The largest absolute Gasteiger partial charge is 0.459 e. The molecule has 4 heteroatoms. The van der Waals surface area contributed by atoms with Gasteiger partial charge in [0.15, 0.2) is 0 Å². The Balaban J connectivity index is 2.33. The molecule has 1 amide bonds. The van der Waals surface area contributed by atoms with Crippen LogP contribution in [0, 0.1) is 0 Å². The monoisotopic (exact) mass is 115 g/mol. The molecule has 0 bridgehead atoms. The Hall–Kier alpha value is -1.19. The molecule has 8 heavy (non-hydrogen) atoms. The molecule has 1 heterocycles. The van der Waals surface area contributed by atoms with Gasteiger partial charge >= 0.3 is 0 Å². The number of hydrogen-bond donors (Lipinski definition) is 1. The molecule has 0 spiro atoms. The van der Waals surface area contributed by atoms with E-state index in [2.05, 4.69) is 14.8 Å². The van der Waals surface area contributed by atoms with Crippen molar-refractivity contribution in [3.63, 3.8) is 0 Å². The fourth-order valence-corrected chi connectivity index (χ4v) is 0.375. The highest BCUT2D eigenvalue weighted by Gasteiger charge is 2.01. The molecule has 1 aliphatic heterocycles. The number of carbonyl (C=O) groups is 1. The van der Waals surface area contributed by atoms with Crippen LogP contribution >= 0.6 is 0 Å². The van der Waals surface area contributed by atoms with Crippen LogP contribution in [0.2, 0.25) is 0 Å². The highest BCUT2D eigenvalue weighted by Crippen LogP contribution is 1.99. The van der Waals surface area contributed by atoms with Crippen LogP contribution in [0.1, 0.15) is 0 Å². The molecule has 0 fully saturated rings. The summed E-state index contributed by atoms with van der Waals surface area (Å²) < 4.78 is 9.29. The van der Waals surface area contributed by atoms with Crippen molar-refractivity contribution in [1.82, 2.24) is 5.32 Å². The number of amides is 1. The number of nitrogens with one attached hydrogen (secondary N) is 1. The molecule has 0 atom stereocenters. The molecule has 4 nitrogen and oxygen atoms in total. The second-order valence-electron chi connectivity index (χ2n) is 1.17. The second-order valence-corrected chi connectivity index (χ2v) is 1.17. The standard InChI is InChI=1S/C4H5NO3/c6-2-5-4-1-7-3-8-4/h1-2H,3H2,(H,5,6). The fourth-order valence-electron chi connectivity index (χ4n) is 0.375. The van der Waals surface area contributed by atoms with Crippen LogP contribution in [0.3, 0.4) is 0 Å². The molecule has 0 aromatic carbocycles. The summed E-state index contributed by atoms with van der Waals surface area (Å²) in [6, 6.07) is 0. The van der Waals surface area contributed by atoms with Crippen LogP contribution < -0.4 is 5.32 Å². The molecule has 0 radical (unpaired) electrons. The third kappa shape index (κ3) is 0.900. The Kier molecular flexibility index (Phi) is 1.37. The van der Waals surface area contributed by atoms with Crippen molar-refractivity contribution in [2.24, 2.45) is 0 Å². The van der Waals surface area contributed by atoms with E-state index in [9.17, 15) is 4.79 Å². The smallest absolute Gasteiger partial charge is 0.232 e. The first-order valence-corrected chi connectivity index (χ1v) is 2.08. The lowest BCUT2D eigenvalue weighted by Gasteiger charge is -1.93. The summed E-state index contributed by atoms with van der Waals surface area (Å²) in [4.78, 5) is 9.67. The molecule has 0 saturated heterocycles. The van der Waals surface area contributed by atoms with E-state index in [4.69, 9.17) is 0 Å². The van der Waals surface area contributed by atoms with Gasteiger partial charge in [0.1, 0.15) is 6.26 Å². The average molecular weight is 115 g/mol. The maximum Gasteiger partial charge on any atom is 0.232 e. The first kappa shape index (κ1) is 4.96. The van der Waals surface area contributed by atoms with Gasteiger partial charge in [-0.2, -0.15) is 0 Å². The van der Waals surface area contributed by atoms with Gasteiger partial charge in [-0.15, -0.1) is 0 Å². The summed E-state index contributed by atoms with van der Waals surface area (Å²) in [5.74, 6) is 0.361. The minimum absolute atomic E-state index is 0.191. The van der Waals surface area contributed by atoms with Crippen molar-refractivity contribution in [3.8, 4) is 0 Å². The molecule has 0 aliphatic carbocycles. The van der Waals surface area contributed by atoms with Crippen molar-refractivity contribution in [2.75, 3.05) is 6.79 Å². The molecule has 0 aromatic heterocycles. The van der Waals surface area contributed by atoms with Crippen molar-refractivity contribution in [1.29, 1.82) is 0 Å². The predicted octanol–water partition coefficient (Wildman–Crippen LogP) is -0.464. The van der Waals surface area contributed by atoms with E-state index in [0.717, 1.165) is 0 Å². The molecule has 0 saturated carbocycles. The van der Waals surface area contributed by atoms with Gasteiger partial charge in [0.25, 0.3) is 0 Å². The van der Waals surface area contributed by atoms with E-state index in [1.807, 2.05) is 0 Å². The zero-order valence-electron chi connectivity index (χ0n) is 4.09. The van der Waals surface area contributed by atoms with Crippen molar-refractivity contribution in [3.05, 3.63) is 12.1 Å². The van der Waals surface area contributed by atoms with E-state index in [0.29, 0.717) is 12.3 Å². The number of carbonyl (C=O) groups excluding carboxylic acids is 1. The van der Waals surface area contributed by atoms with Crippen LogP contribution in [0.5, 0.6) is 0 Å². The van der Waals surface area contributed by atoms with E-state index >= 15 is 0 Å². The number of hydrogen-bond acceptors (Lipinski definition) is 3. The first-order valence-electron chi connectivity index (χ1n) is 2.08. The lowest BCUT2D eigenvalue weighted by Crippen LogP contribution is -2.09. The number of ether oxygens (including phenoxy) is 2. The second kappa shape index (κ2) is 2.20. The molecule has 0 aromatic rings. The van der Waals surface area contributed by atoms with Gasteiger partial charge < -0.3 is 9.47 Å². The topological polar surface area (TPSA) is 47.6 Å². The molecular formula is C4H5NO3. The molecule has 1 rings (SSSR count). The Labute approximate surface area is 46.1 Å². The molecule has 1 aliphatic rings. The minimum atomic E-state index is 0.191. The van der Waals surface area contributed by atoms with Gasteiger partial charge in [0.05, 0.1) is 0 Å². The van der Waals surface area contributed by atoms with Crippen LogP contribution in [0.15, 0.2) is 12.1 Å². The van der Waals surface area contributed by atoms with E-state index in [1.54, 1.807) is 0 Å². The maximum atomic E-state index is 9.67. The Morgan fingerprint density at radius 3 is 3.25 bits per heavy atom. The van der Waals surface area contributed by atoms with Crippen LogP contribution in [0.4, 0.5) is 0 Å². The SMILES string of the molecule is O=CNC1=COCO1. The van der Waals surface area contributed by atoms with Crippen molar-refractivity contribution in [2.45, 2.75) is 0 Å². The van der Waals surface area contributed by atoms with Crippen LogP contribution in [0.25, 0.3) is 0 Å². The fraction of sp³-hybridized carbons (Fsp3) is 0.250.